The predicted molar refractivity (Wildman–Crippen MR) is 144 cm³/mol. The van der Waals surface area contributed by atoms with Crippen molar-refractivity contribution in [1.29, 1.82) is 0 Å². The number of aliphatic hydroxyl groups excluding tert-OH is 1. The van der Waals surface area contributed by atoms with Gasteiger partial charge in [-0.3, -0.25) is 19.3 Å². The molecule has 1 aliphatic carbocycles. The average Bonchev–Trinajstić information content (AvgIpc) is 2.82. The Bertz CT molecular complexity index is 901. The molecule has 5 unspecified atom stereocenters. The average molecular weight is 515 g/mol. The minimum absolute atomic E-state index is 0.0128. The molecule has 1 saturated heterocycles. The van der Waals surface area contributed by atoms with Gasteiger partial charge in [0.2, 0.25) is 17.7 Å². The topological polar surface area (TPSA) is 125 Å². The molecule has 5 N–H and O–H groups in total. The summed E-state index contributed by atoms with van der Waals surface area (Å²) in [6.45, 7) is 7.05. The molecule has 5 atom stereocenters. The molecule has 1 saturated carbocycles. The second kappa shape index (κ2) is 13.4. The number of hydrogen-bond donors (Lipinski definition) is 4. The number of likely N-dealkylation sites (tertiary alicyclic amines) is 1. The number of primary amides is 1. The Morgan fingerprint density at radius 2 is 1.76 bits per heavy atom. The second-order valence-corrected chi connectivity index (χ2v) is 12.0. The van der Waals surface area contributed by atoms with Gasteiger partial charge in [0, 0.05) is 31.5 Å². The normalized spacial score (nSPS) is 23.9. The number of nitrogens with zero attached hydrogens (tertiary/aromatic N) is 1. The van der Waals surface area contributed by atoms with Gasteiger partial charge in [-0.1, -0.05) is 49.6 Å². The maximum atomic E-state index is 13.4. The van der Waals surface area contributed by atoms with Gasteiger partial charge in [-0.25, -0.2) is 0 Å². The molecule has 0 spiro atoms. The van der Waals surface area contributed by atoms with Gasteiger partial charge in [0.15, 0.2) is 0 Å². The molecule has 206 valence electrons. The van der Waals surface area contributed by atoms with Crippen molar-refractivity contribution < 1.29 is 19.5 Å². The van der Waals surface area contributed by atoms with Crippen molar-refractivity contribution in [2.24, 2.45) is 17.6 Å². The lowest BCUT2D eigenvalue weighted by molar-refractivity contribution is -0.133. The Morgan fingerprint density at radius 3 is 2.41 bits per heavy atom. The first kappa shape index (κ1) is 29.1. The van der Waals surface area contributed by atoms with Gasteiger partial charge in [0.25, 0.3) is 0 Å². The molecular formula is C29H46N4O4. The smallest absolute Gasteiger partial charge is 0.237 e. The number of β-amino-alcohol motifs (C(OH)–C–C–N with tert-alkyl or cyclic N) is 1. The number of amides is 3. The fourth-order valence-electron chi connectivity index (χ4n) is 5.85. The first-order valence-corrected chi connectivity index (χ1v) is 13.9. The molecule has 1 heterocycles. The molecule has 2 fully saturated rings. The molecule has 3 amide bonds. The monoisotopic (exact) mass is 514 g/mol. The summed E-state index contributed by atoms with van der Waals surface area (Å²) in [5.74, 6) is 0.450. The number of rotatable bonds is 11. The predicted octanol–water partition coefficient (Wildman–Crippen LogP) is 2.53. The third-order valence-electron chi connectivity index (χ3n) is 7.66. The summed E-state index contributed by atoms with van der Waals surface area (Å²) in [5, 5.41) is 17.6. The van der Waals surface area contributed by atoms with Crippen molar-refractivity contribution in [3.8, 4) is 0 Å². The van der Waals surface area contributed by atoms with E-state index in [4.69, 9.17) is 5.73 Å². The Balaban J connectivity index is 1.74. The van der Waals surface area contributed by atoms with E-state index in [0.29, 0.717) is 31.2 Å². The van der Waals surface area contributed by atoms with Crippen LogP contribution in [0.25, 0.3) is 0 Å². The zero-order valence-corrected chi connectivity index (χ0v) is 22.7. The summed E-state index contributed by atoms with van der Waals surface area (Å²) >= 11 is 0. The van der Waals surface area contributed by atoms with Gasteiger partial charge in [-0.05, 0) is 63.9 Å². The van der Waals surface area contributed by atoms with Crippen LogP contribution in [-0.2, 0) is 20.8 Å². The van der Waals surface area contributed by atoms with Crippen LogP contribution in [0.3, 0.4) is 0 Å². The highest BCUT2D eigenvalue weighted by Crippen LogP contribution is 2.39. The molecule has 1 aromatic rings. The maximum absolute atomic E-state index is 13.4. The lowest BCUT2D eigenvalue weighted by atomic mass is 9.72. The van der Waals surface area contributed by atoms with Crippen LogP contribution < -0.4 is 16.4 Å². The van der Waals surface area contributed by atoms with Gasteiger partial charge in [0.1, 0.15) is 0 Å². The highest BCUT2D eigenvalue weighted by Gasteiger charge is 2.41. The maximum Gasteiger partial charge on any atom is 0.237 e. The summed E-state index contributed by atoms with van der Waals surface area (Å²) in [6.07, 6.45) is 5.89. The van der Waals surface area contributed by atoms with E-state index >= 15 is 0 Å². The van der Waals surface area contributed by atoms with Crippen LogP contribution in [0.5, 0.6) is 0 Å². The molecule has 1 aromatic carbocycles. The third kappa shape index (κ3) is 9.42. The molecule has 8 heteroatoms. The van der Waals surface area contributed by atoms with Crippen molar-refractivity contribution in [3.63, 3.8) is 0 Å². The van der Waals surface area contributed by atoms with Crippen molar-refractivity contribution in [2.75, 3.05) is 13.1 Å². The molecule has 0 radical (unpaired) electrons. The van der Waals surface area contributed by atoms with Crippen LogP contribution >= 0.6 is 0 Å². The van der Waals surface area contributed by atoms with Gasteiger partial charge >= 0.3 is 0 Å². The van der Waals surface area contributed by atoms with Crippen molar-refractivity contribution in [2.45, 2.75) is 102 Å². The standard InChI is InChI=1S/C29H46N4O4/c1-29(2,3)32-28(37)24-17-21-12-7-8-13-22(21)18-33(24)19-25(34)23(16-20-10-5-4-6-11-20)31-27(36)15-9-14-26(30)35/h4-6,10-11,21-25,34H,7-9,12-19H2,1-3H3,(H2,30,35)(H,31,36)(H,32,37). The van der Waals surface area contributed by atoms with Crippen LogP contribution in [0, 0.1) is 11.8 Å². The first-order chi connectivity index (χ1) is 17.5. The van der Waals surface area contributed by atoms with E-state index in [1.165, 1.54) is 19.3 Å². The highest BCUT2D eigenvalue weighted by molar-refractivity contribution is 5.82. The summed E-state index contributed by atoms with van der Waals surface area (Å²) in [5.41, 5.74) is 5.89. The summed E-state index contributed by atoms with van der Waals surface area (Å²) < 4.78 is 0. The summed E-state index contributed by atoms with van der Waals surface area (Å²) in [6, 6.07) is 8.96. The van der Waals surface area contributed by atoms with E-state index in [1.54, 1.807) is 0 Å². The number of fused-ring (bicyclic) bond motifs is 1. The van der Waals surface area contributed by atoms with E-state index in [9.17, 15) is 19.5 Å². The van der Waals surface area contributed by atoms with E-state index in [-0.39, 0.29) is 36.2 Å². The Hall–Kier alpha value is -2.45. The molecule has 0 aromatic heterocycles. The molecule has 3 rings (SSSR count). The number of carbonyl (C=O) groups is 3. The number of hydrogen-bond acceptors (Lipinski definition) is 5. The number of carbonyl (C=O) groups excluding carboxylic acids is 3. The Labute approximate surface area is 221 Å². The van der Waals surface area contributed by atoms with Crippen LogP contribution in [0.15, 0.2) is 30.3 Å². The fourth-order valence-corrected chi connectivity index (χ4v) is 5.85. The highest BCUT2D eigenvalue weighted by atomic mass is 16.3. The first-order valence-electron chi connectivity index (χ1n) is 13.9. The molecule has 8 nitrogen and oxygen atoms in total. The van der Waals surface area contributed by atoms with E-state index < -0.39 is 18.1 Å². The summed E-state index contributed by atoms with van der Waals surface area (Å²) in [4.78, 5) is 39.2. The largest absolute Gasteiger partial charge is 0.390 e. The number of piperidine rings is 1. The molecule has 0 bridgehead atoms. The van der Waals surface area contributed by atoms with Crippen molar-refractivity contribution >= 4 is 17.7 Å². The number of nitrogens with one attached hydrogen (secondary N) is 2. The minimum atomic E-state index is -0.856. The second-order valence-electron chi connectivity index (χ2n) is 12.0. The van der Waals surface area contributed by atoms with E-state index in [2.05, 4.69) is 15.5 Å². The number of benzene rings is 1. The molecule has 1 aliphatic heterocycles. The lowest BCUT2D eigenvalue weighted by Gasteiger charge is -2.47. The zero-order chi connectivity index (χ0) is 27.0. The third-order valence-corrected chi connectivity index (χ3v) is 7.66. The van der Waals surface area contributed by atoms with Gasteiger partial charge in [-0.2, -0.15) is 0 Å². The molecule has 37 heavy (non-hydrogen) atoms. The summed E-state index contributed by atoms with van der Waals surface area (Å²) in [7, 11) is 0. The Kier molecular flexibility index (Phi) is 10.5. The quantitative estimate of drug-likeness (QED) is 0.361. The minimum Gasteiger partial charge on any atom is -0.390 e. The SMILES string of the molecule is CC(C)(C)NC(=O)C1CC2CCCCC2CN1CC(O)C(Cc1ccccc1)NC(=O)CCCC(N)=O. The van der Waals surface area contributed by atoms with E-state index in [1.807, 2.05) is 51.1 Å². The molecular weight excluding hydrogens is 468 g/mol. The fraction of sp³-hybridized carbons (Fsp3) is 0.690. The molecule has 2 aliphatic rings. The van der Waals surface area contributed by atoms with Gasteiger partial charge < -0.3 is 21.5 Å². The Morgan fingerprint density at radius 1 is 1.08 bits per heavy atom. The van der Waals surface area contributed by atoms with Gasteiger partial charge in [-0.15, -0.1) is 0 Å². The van der Waals surface area contributed by atoms with Crippen LogP contribution in [0.2, 0.25) is 0 Å². The van der Waals surface area contributed by atoms with Crippen LogP contribution in [0.1, 0.15) is 77.7 Å². The lowest BCUT2D eigenvalue weighted by Crippen LogP contribution is -2.60. The van der Waals surface area contributed by atoms with Gasteiger partial charge in [0.05, 0.1) is 18.2 Å². The van der Waals surface area contributed by atoms with Crippen LogP contribution in [-0.4, -0.2) is 64.5 Å². The van der Waals surface area contributed by atoms with E-state index in [0.717, 1.165) is 24.9 Å². The van der Waals surface area contributed by atoms with Crippen LogP contribution in [0.4, 0.5) is 0 Å². The number of aliphatic hydroxyl groups is 1. The zero-order valence-electron chi connectivity index (χ0n) is 22.7. The van der Waals surface area contributed by atoms with Crippen molar-refractivity contribution in [1.82, 2.24) is 15.5 Å². The van der Waals surface area contributed by atoms with Crippen molar-refractivity contribution in [3.05, 3.63) is 35.9 Å². The number of nitrogens with two attached hydrogens (primary N) is 1.